The third-order valence-electron chi connectivity index (χ3n) is 2.95. The largest absolute Gasteiger partial charge is 0.395 e. The molecule has 2 atom stereocenters. The Kier molecular flexibility index (Phi) is 4.01. The molecule has 5 heteroatoms. The number of aliphatic hydroxyl groups is 1. The molecule has 0 heterocycles. The van der Waals surface area contributed by atoms with Crippen LogP contribution in [-0.2, 0) is 0 Å². The van der Waals surface area contributed by atoms with E-state index in [9.17, 15) is 13.9 Å². The molecular weight excluding hydrogens is 244 g/mol. The molecule has 1 aromatic rings. The van der Waals surface area contributed by atoms with Crippen molar-refractivity contribution in [2.24, 2.45) is 11.7 Å². The lowest BCUT2D eigenvalue weighted by atomic mass is 10.1. The van der Waals surface area contributed by atoms with Gasteiger partial charge in [0.1, 0.15) is 11.6 Å². The van der Waals surface area contributed by atoms with Crippen molar-refractivity contribution >= 4 is 11.8 Å². The van der Waals surface area contributed by atoms with Crippen LogP contribution in [-0.4, -0.2) is 23.0 Å². The first-order valence-electron chi connectivity index (χ1n) is 5.60. The third kappa shape index (κ3) is 3.18. The molecule has 2 rings (SSSR count). The van der Waals surface area contributed by atoms with Crippen LogP contribution in [0.25, 0.3) is 0 Å². The van der Waals surface area contributed by atoms with E-state index in [4.69, 9.17) is 5.73 Å². The van der Waals surface area contributed by atoms with Gasteiger partial charge in [-0.2, -0.15) is 0 Å². The van der Waals surface area contributed by atoms with E-state index >= 15 is 0 Å². The lowest BCUT2D eigenvalue weighted by Crippen LogP contribution is -2.36. The van der Waals surface area contributed by atoms with E-state index in [2.05, 4.69) is 0 Å². The molecule has 1 aliphatic carbocycles. The molecule has 0 amide bonds. The van der Waals surface area contributed by atoms with Crippen molar-refractivity contribution in [1.29, 1.82) is 0 Å². The zero-order chi connectivity index (χ0) is 12.4. The molecule has 0 radical (unpaired) electrons. The van der Waals surface area contributed by atoms with Gasteiger partial charge < -0.3 is 10.8 Å². The average Bonchev–Trinajstić information content (AvgIpc) is 3.11. The van der Waals surface area contributed by atoms with Crippen molar-refractivity contribution < 1.29 is 13.9 Å². The predicted molar refractivity (Wildman–Crippen MR) is 63.8 cm³/mol. The summed E-state index contributed by atoms with van der Waals surface area (Å²) in [5.74, 6) is -0.765. The molecule has 0 saturated heterocycles. The number of aliphatic hydroxyl groups excluding tert-OH is 1. The molecule has 0 aromatic heterocycles. The Morgan fingerprint density at radius 1 is 1.41 bits per heavy atom. The molecule has 3 N–H and O–H groups in total. The van der Waals surface area contributed by atoms with Crippen LogP contribution in [0, 0.1) is 17.6 Å². The number of rotatable bonds is 5. The zero-order valence-corrected chi connectivity index (χ0v) is 10.1. The smallest absolute Gasteiger partial charge is 0.139 e. The summed E-state index contributed by atoms with van der Waals surface area (Å²) < 4.78 is 26.2. The standard InChI is InChI=1S/C12H15F2NOS/c13-8-3-4-10(9(14)5-8)17-11(6-16)12(15)7-1-2-7/h3-5,7,11-12,16H,1-2,6,15H2. The molecule has 2 nitrogen and oxygen atoms in total. The van der Waals surface area contributed by atoms with Crippen LogP contribution in [0.3, 0.4) is 0 Å². The SMILES string of the molecule is NC(C1CC1)C(CO)Sc1ccc(F)cc1F. The highest BCUT2D eigenvalue weighted by Gasteiger charge is 2.34. The van der Waals surface area contributed by atoms with Gasteiger partial charge in [-0.1, -0.05) is 0 Å². The maximum atomic E-state index is 13.4. The van der Waals surface area contributed by atoms with E-state index in [1.807, 2.05) is 0 Å². The summed E-state index contributed by atoms with van der Waals surface area (Å²) in [5, 5.41) is 9.05. The van der Waals surface area contributed by atoms with Crippen LogP contribution in [0.2, 0.25) is 0 Å². The molecule has 94 valence electrons. The number of hydrogen-bond donors (Lipinski definition) is 2. The van der Waals surface area contributed by atoms with Gasteiger partial charge in [-0.3, -0.25) is 0 Å². The van der Waals surface area contributed by atoms with Crippen molar-refractivity contribution in [1.82, 2.24) is 0 Å². The minimum absolute atomic E-state index is 0.0981. The summed E-state index contributed by atoms with van der Waals surface area (Å²) in [6.45, 7) is -0.0981. The maximum absolute atomic E-state index is 13.4. The number of thioether (sulfide) groups is 1. The van der Waals surface area contributed by atoms with Crippen LogP contribution >= 0.6 is 11.8 Å². The second kappa shape index (κ2) is 5.33. The lowest BCUT2D eigenvalue weighted by molar-refractivity contribution is 0.277. The van der Waals surface area contributed by atoms with E-state index in [0.717, 1.165) is 18.9 Å². The van der Waals surface area contributed by atoms with Crippen molar-refractivity contribution in [2.45, 2.75) is 29.0 Å². The lowest BCUT2D eigenvalue weighted by Gasteiger charge is -2.21. The van der Waals surface area contributed by atoms with Gasteiger partial charge in [-0.05, 0) is 30.9 Å². The van der Waals surface area contributed by atoms with Crippen molar-refractivity contribution in [3.8, 4) is 0 Å². The first kappa shape index (κ1) is 12.8. The molecular formula is C12H15F2NOS. The van der Waals surface area contributed by atoms with Gasteiger partial charge in [0, 0.05) is 22.3 Å². The maximum Gasteiger partial charge on any atom is 0.139 e. The third-order valence-corrected chi connectivity index (χ3v) is 4.30. The number of hydrogen-bond acceptors (Lipinski definition) is 3. The van der Waals surface area contributed by atoms with Gasteiger partial charge >= 0.3 is 0 Å². The Labute approximate surface area is 103 Å². The van der Waals surface area contributed by atoms with Crippen molar-refractivity contribution in [3.05, 3.63) is 29.8 Å². The first-order valence-corrected chi connectivity index (χ1v) is 6.48. The van der Waals surface area contributed by atoms with Gasteiger partial charge in [0.25, 0.3) is 0 Å². The highest BCUT2D eigenvalue weighted by atomic mass is 32.2. The monoisotopic (exact) mass is 259 g/mol. The Bertz CT molecular complexity index is 398. The van der Waals surface area contributed by atoms with Gasteiger partial charge in [-0.25, -0.2) is 8.78 Å². The molecule has 0 bridgehead atoms. The molecule has 1 aliphatic rings. The minimum Gasteiger partial charge on any atom is -0.395 e. The summed E-state index contributed by atoms with van der Waals surface area (Å²) in [4.78, 5) is 0.335. The van der Waals surface area contributed by atoms with Gasteiger partial charge in [0.2, 0.25) is 0 Å². The second-order valence-corrected chi connectivity index (χ2v) is 5.61. The van der Waals surface area contributed by atoms with Crippen LogP contribution in [0.1, 0.15) is 12.8 Å². The Balaban J connectivity index is 2.06. The molecule has 1 fully saturated rings. The highest BCUT2D eigenvalue weighted by Crippen LogP contribution is 2.38. The fraction of sp³-hybridized carbons (Fsp3) is 0.500. The van der Waals surface area contributed by atoms with Crippen molar-refractivity contribution in [2.75, 3.05) is 6.61 Å². The van der Waals surface area contributed by atoms with Crippen molar-refractivity contribution in [3.63, 3.8) is 0 Å². The quantitative estimate of drug-likeness (QED) is 0.797. The normalized spacial score (nSPS) is 19.1. The molecule has 1 aromatic carbocycles. The second-order valence-electron chi connectivity index (χ2n) is 4.33. The van der Waals surface area contributed by atoms with Crippen LogP contribution < -0.4 is 5.73 Å². The fourth-order valence-corrected chi connectivity index (χ4v) is 2.85. The van der Waals surface area contributed by atoms with E-state index in [1.165, 1.54) is 23.9 Å². The number of halogens is 2. The highest BCUT2D eigenvalue weighted by molar-refractivity contribution is 8.00. The Morgan fingerprint density at radius 3 is 2.65 bits per heavy atom. The van der Waals surface area contributed by atoms with E-state index < -0.39 is 11.6 Å². The summed E-state index contributed by atoms with van der Waals surface area (Å²) in [7, 11) is 0. The average molecular weight is 259 g/mol. The number of nitrogens with two attached hydrogens (primary N) is 1. The van der Waals surface area contributed by atoms with E-state index in [0.29, 0.717) is 10.8 Å². The Hall–Kier alpha value is -0.650. The summed E-state index contributed by atoms with van der Waals surface area (Å²) >= 11 is 1.18. The van der Waals surface area contributed by atoms with Crippen LogP contribution in [0.4, 0.5) is 8.78 Å². The molecule has 2 unspecified atom stereocenters. The summed E-state index contributed by atoms with van der Waals surface area (Å²) in [5.41, 5.74) is 5.98. The number of benzene rings is 1. The summed E-state index contributed by atoms with van der Waals surface area (Å²) in [6, 6.07) is 3.31. The zero-order valence-electron chi connectivity index (χ0n) is 9.27. The topological polar surface area (TPSA) is 46.2 Å². The fourth-order valence-electron chi connectivity index (χ4n) is 1.76. The Morgan fingerprint density at radius 2 is 2.12 bits per heavy atom. The van der Waals surface area contributed by atoms with Gasteiger partial charge in [-0.15, -0.1) is 11.8 Å². The van der Waals surface area contributed by atoms with E-state index in [-0.39, 0.29) is 17.9 Å². The predicted octanol–water partition coefficient (Wildman–Crippen LogP) is 2.16. The molecule has 17 heavy (non-hydrogen) atoms. The first-order chi connectivity index (χ1) is 8.11. The molecule has 1 saturated carbocycles. The molecule has 0 spiro atoms. The van der Waals surface area contributed by atoms with Gasteiger partial charge in [0.05, 0.1) is 6.61 Å². The van der Waals surface area contributed by atoms with Gasteiger partial charge in [0.15, 0.2) is 0 Å². The minimum atomic E-state index is -0.601. The van der Waals surface area contributed by atoms with E-state index in [1.54, 1.807) is 0 Å². The molecule has 0 aliphatic heterocycles. The van der Waals surface area contributed by atoms with Crippen LogP contribution in [0.5, 0.6) is 0 Å². The summed E-state index contributed by atoms with van der Waals surface area (Å²) in [6.07, 6.45) is 2.15. The van der Waals surface area contributed by atoms with Crippen LogP contribution in [0.15, 0.2) is 23.1 Å².